The molecule has 4 heteroatoms. The SMILES string of the molecule is CC(CC(=O)O)N1CCC(C)(O)CC1. The monoisotopic (exact) mass is 201 g/mol. The standard InChI is InChI=1S/C10H19NO3/c1-8(7-9(12)13)11-5-3-10(2,14)4-6-11/h8,14H,3-7H2,1-2H3,(H,12,13). The summed E-state index contributed by atoms with van der Waals surface area (Å²) < 4.78 is 0. The van der Waals surface area contributed by atoms with E-state index in [1.807, 2.05) is 13.8 Å². The highest BCUT2D eigenvalue weighted by Crippen LogP contribution is 2.23. The van der Waals surface area contributed by atoms with Crippen LogP contribution in [0.3, 0.4) is 0 Å². The predicted octanol–water partition coefficient (Wildman–Crippen LogP) is 0.696. The zero-order chi connectivity index (χ0) is 10.8. The van der Waals surface area contributed by atoms with E-state index in [9.17, 15) is 9.90 Å². The van der Waals surface area contributed by atoms with Gasteiger partial charge in [-0.25, -0.2) is 0 Å². The molecule has 0 saturated carbocycles. The van der Waals surface area contributed by atoms with Crippen LogP contribution in [0.25, 0.3) is 0 Å². The van der Waals surface area contributed by atoms with E-state index in [0.717, 1.165) is 25.9 Å². The van der Waals surface area contributed by atoms with Crippen LogP contribution in [-0.2, 0) is 4.79 Å². The summed E-state index contributed by atoms with van der Waals surface area (Å²) in [5.74, 6) is -0.755. The van der Waals surface area contributed by atoms with Crippen molar-refractivity contribution in [1.29, 1.82) is 0 Å². The van der Waals surface area contributed by atoms with E-state index in [0.29, 0.717) is 0 Å². The molecule has 0 aromatic carbocycles. The Hall–Kier alpha value is -0.610. The van der Waals surface area contributed by atoms with Gasteiger partial charge in [-0.05, 0) is 26.7 Å². The molecule has 0 bridgehead atoms. The maximum atomic E-state index is 10.5. The fraction of sp³-hybridized carbons (Fsp3) is 0.900. The number of likely N-dealkylation sites (tertiary alicyclic amines) is 1. The van der Waals surface area contributed by atoms with Crippen molar-refractivity contribution in [3.05, 3.63) is 0 Å². The number of piperidine rings is 1. The number of nitrogens with zero attached hydrogens (tertiary/aromatic N) is 1. The van der Waals surface area contributed by atoms with E-state index < -0.39 is 11.6 Å². The first-order valence-electron chi connectivity index (χ1n) is 5.09. The molecule has 1 aliphatic rings. The van der Waals surface area contributed by atoms with Gasteiger partial charge < -0.3 is 10.2 Å². The molecule has 14 heavy (non-hydrogen) atoms. The highest BCUT2D eigenvalue weighted by molar-refractivity contribution is 5.67. The summed E-state index contributed by atoms with van der Waals surface area (Å²) in [7, 11) is 0. The van der Waals surface area contributed by atoms with E-state index in [-0.39, 0.29) is 12.5 Å². The van der Waals surface area contributed by atoms with E-state index in [4.69, 9.17) is 5.11 Å². The van der Waals surface area contributed by atoms with Gasteiger partial charge in [0, 0.05) is 19.1 Å². The normalized spacial score (nSPS) is 24.5. The molecule has 0 aromatic rings. The molecule has 0 radical (unpaired) electrons. The minimum atomic E-state index is -0.755. The molecule has 0 spiro atoms. The Morgan fingerprint density at radius 2 is 2.00 bits per heavy atom. The number of aliphatic carboxylic acids is 1. The largest absolute Gasteiger partial charge is 0.481 e. The number of hydrogen-bond donors (Lipinski definition) is 2. The van der Waals surface area contributed by atoms with Crippen molar-refractivity contribution < 1.29 is 15.0 Å². The second-order valence-electron chi connectivity index (χ2n) is 4.48. The van der Waals surface area contributed by atoms with Crippen LogP contribution in [0.2, 0.25) is 0 Å². The third-order valence-electron chi connectivity index (χ3n) is 2.97. The van der Waals surface area contributed by atoms with Gasteiger partial charge in [-0.2, -0.15) is 0 Å². The molecule has 1 unspecified atom stereocenters. The van der Waals surface area contributed by atoms with E-state index in [1.54, 1.807) is 0 Å². The van der Waals surface area contributed by atoms with Gasteiger partial charge in [-0.3, -0.25) is 9.69 Å². The van der Waals surface area contributed by atoms with Gasteiger partial charge in [0.1, 0.15) is 0 Å². The topological polar surface area (TPSA) is 60.8 Å². The molecular weight excluding hydrogens is 182 g/mol. The fourth-order valence-corrected chi connectivity index (χ4v) is 1.83. The lowest BCUT2D eigenvalue weighted by Crippen LogP contribution is -2.46. The van der Waals surface area contributed by atoms with Crippen molar-refractivity contribution in [1.82, 2.24) is 4.90 Å². The van der Waals surface area contributed by atoms with Crippen LogP contribution in [0.5, 0.6) is 0 Å². The quantitative estimate of drug-likeness (QED) is 0.705. The Morgan fingerprint density at radius 3 is 2.43 bits per heavy atom. The Kier molecular flexibility index (Phi) is 3.50. The minimum absolute atomic E-state index is 0.0728. The highest BCUT2D eigenvalue weighted by Gasteiger charge is 2.29. The van der Waals surface area contributed by atoms with Crippen LogP contribution in [0.1, 0.15) is 33.1 Å². The van der Waals surface area contributed by atoms with Crippen molar-refractivity contribution in [2.24, 2.45) is 0 Å². The Bertz CT molecular complexity index is 205. The molecule has 4 nitrogen and oxygen atoms in total. The van der Waals surface area contributed by atoms with Crippen LogP contribution in [0, 0.1) is 0 Å². The predicted molar refractivity (Wildman–Crippen MR) is 53.1 cm³/mol. The summed E-state index contributed by atoms with van der Waals surface area (Å²) in [6.45, 7) is 5.35. The molecule has 1 saturated heterocycles. The summed E-state index contributed by atoms with van der Waals surface area (Å²) >= 11 is 0. The van der Waals surface area contributed by atoms with Crippen LogP contribution in [-0.4, -0.2) is 45.8 Å². The smallest absolute Gasteiger partial charge is 0.304 e. The van der Waals surface area contributed by atoms with Gasteiger partial charge in [0.05, 0.1) is 12.0 Å². The molecule has 1 atom stereocenters. The first-order valence-corrected chi connectivity index (χ1v) is 5.09. The van der Waals surface area contributed by atoms with Gasteiger partial charge in [0.25, 0.3) is 0 Å². The van der Waals surface area contributed by atoms with Crippen molar-refractivity contribution in [2.45, 2.75) is 44.8 Å². The van der Waals surface area contributed by atoms with E-state index in [2.05, 4.69) is 4.90 Å². The molecule has 1 aliphatic heterocycles. The van der Waals surface area contributed by atoms with Crippen molar-refractivity contribution >= 4 is 5.97 Å². The lowest BCUT2D eigenvalue weighted by Gasteiger charge is -2.38. The Balaban J connectivity index is 2.37. The lowest BCUT2D eigenvalue weighted by atomic mass is 9.93. The van der Waals surface area contributed by atoms with Crippen molar-refractivity contribution in [2.75, 3.05) is 13.1 Å². The van der Waals surface area contributed by atoms with Gasteiger partial charge in [0.15, 0.2) is 0 Å². The first-order chi connectivity index (χ1) is 6.41. The molecule has 1 fully saturated rings. The van der Waals surface area contributed by atoms with Gasteiger partial charge in [-0.1, -0.05) is 0 Å². The van der Waals surface area contributed by atoms with Crippen LogP contribution < -0.4 is 0 Å². The van der Waals surface area contributed by atoms with Gasteiger partial charge >= 0.3 is 5.97 Å². The number of carboxylic acids is 1. The average Bonchev–Trinajstić information content (AvgIpc) is 2.02. The number of rotatable bonds is 3. The molecule has 1 heterocycles. The van der Waals surface area contributed by atoms with Crippen molar-refractivity contribution in [3.8, 4) is 0 Å². The van der Waals surface area contributed by atoms with Crippen LogP contribution in [0.4, 0.5) is 0 Å². The zero-order valence-corrected chi connectivity index (χ0v) is 8.86. The lowest BCUT2D eigenvalue weighted by molar-refractivity contribution is -0.138. The first kappa shape index (κ1) is 11.5. The molecule has 0 aromatic heterocycles. The highest BCUT2D eigenvalue weighted by atomic mass is 16.4. The fourth-order valence-electron chi connectivity index (χ4n) is 1.83. The molecule has 2 N–H and O–H groups in total. The number of carboxylic acid groups (broad SMARTS) is 1. The third kappa shape index (κ3) is 3.27. The molecule has 82 valence electrons. The van der Waals surface area contributed by atoms with E-state index >= 15 is 0 Å². The zero-order valence-electron chi connectivity index (χ0n) is 8.86. The summed E-state index contributed by atoms with van der Waals surface area (Å²) in [5, 5.41) is 18.4. The van der Waals surface area contributed by atoms with Gasteiger partial charge in [0.2, 0.25) is 0 Å². The van der Waals surface area contributed by atoms with Crippen LogP contribution in [0.15, 0.2) is 0 Å². The van der Waals surface area contributed by atoms with Crippen LogP contribution >= 0.6 is 0 Å². The maximum absolute atomic E-state index is 10.5. The minimum Gasteiger partial charge on any atom is -0.481 e. The Labute approximate surface area is 84.5 Å². The van der Waals surface area contributed by atoms with Gasteiger partial charge in [-0.15, -0.1) is 0 Å². The van der Waals surface area contributed by atoms with Crippen molar-refractivity contribution in [3.63, 3.8) is 0 Å². The molecular formula is C10H19NO3. The molecule has 0 amide bonds. The summed E-state index contributed by atoms with van der Waals surface area (Å²) in [6.07, 6.45) is 1.65. The number of carbonyl (C=O) groups is 1. The number of hydrogen-bond acceptors (Lipinski definition) is 3. The van der Waals surface area contributed by atoms with E-state index in [1.165, 1.54) is 0 Å². The Morgan fingerprint density at radius 1 is 1.50 bits per heavy atom. The second kappa shape index (κ2) is 4.28. The third-order valence-corrected chi connectivity index (χ3v) is 2.97. The summed E-state index contributed by atoms with van der Waals surface area (Å²) in [5.41, 5.74) is -0.556. The summed E-state index contributed by atoms with van der Waals surface area (Å²) in [4.78, 5) is 12.6. The summed E-state index contributed by atoms with van der Waals surface area (Å²) in [6, 6.07) is 0.0728. The number of aliphatic hydroxyl groups is 1. The molecule has 0 aliphatic carbocycles. The molecule has 1 rings (SSSR count). The average molecular weight is 201 g/mol. The maximum Gasteiger partial charge on any atom is 0.304 e. The second-order valence-corrected chi connectivity index (χ2v) is 4.48.